The van der Waals surface area contributed by atoms with Gasteiger partial charge in [-0.1, -0.05) is 32.6 Å². The van der Waals surface area contributed by atoms with Crippen LogP contribution < -0.4 is 11.1 Å². The van der Waals surface area contributed by atoms with Crippen molar-refractivity contribution in [1.29, 1.82) is 0 Å². The first kappa shape index (κ1) is 23.2. The molecular formula is C22H35BrN2O3. The van der Waals surface area contributed by atoms with Crippen LogP contribution in [-0.4, -0.2) is 29.8 Å². The van der Waals surface area contributed by atoms with Gasteiger partial charge in [0.1, 0.15) is 0 Å². The van der Waals surface area contributed by atoms with E-state index in [2.05, 4.69) is 28.2 Å². The van der Waals surface area contributed by atoms with Crippen LogP contribution in [0, 0.1) is 0 Å². The number of unbranched alkanes of at least 4 members (excludes halogenated alkanes) is 2. The number of esters is 1. The Morgan fingerprint density at radius 3 is 2.68 bits per heavy atom. The molecule has 1 saturated carbocycles. The van der Waals surface area contributed by atoms with E-state index < -0.39 is 0 Å². The van der Waals surface area contributed by atoms with Crippen molar-refractivity contribution in [2.45, 2.75) is 83.2 Å². The molecule has 0 aliphatic heterocycles. The lowest BCUT2D eigenvalue weighted by molar-refractivity contribution is 0.0496. The van der Waals surface area contributed by atoms with Gasteiger partial charge in [0.15, 0.2) is 0 Å². The molecule has 0 unspecified atom stereocenters. The molecule has 2 rings (SSSR count). The number of carbonyl (C=O) groups excluding carboxylic acids is 1. The zero-order chi connectivity index (χ0) is 20.4. The highest BCUT2D eigenvalue weighted by Crippen LogP contribution is 2.33. The number of halogens is 1. The summed E-state index contributed by atoms with van der Waals surface area (Å²) in [7, 11) is 0. The van der Waals surface area contributed by atoms with Gasteiger partial charge in [0.05, 0.1) is 17.9 Å². The lowest BCUT2D eigenvalue weighted by Crippen LogP contribution is -2.46. The van der Waals surface area contributed by atoms with E-state index in [4.69, 9.17) is 15.6 Å². The molecule has 6 heteroatoms. The van der Waals surface area contributed by atoms with Crippen molar-refractivity contribution >= 4 is 27.6 Å². The second kappa shape index (κ2) is 11.8. The zero-order valence-electron chi connectivity index (χ0n) is 17.1. The standard InChI is InChI=1S/C22H35BrN2O3/c1-2-9-22(10-5-3-6-11-22)25-16-18-14-17(15-19(23)20(18)24)21(27)28-13-8-4-7-12-26/h14-15,25-26H,2-13,16,24H2,1H3. The zero-order valence-corrected chi connectivity index (χ0v) is 18.7. The maximum absolute atomic E-state index is 12.4. The average molecular weight is 455 g/mol. The molecule has 0 aromatic heterocycles. The van der Waals surface area contributed by atoms with Crippen molar-refractivity contribution in [3.05, 3.63) is 27.7 Å². The Morgan fingerprint density at radius 2 is 2.00 bits per heavy atom. The molecule has 5 nitrogen and oxygen atoms in total. The number of aliphatic hydroxyl groups is 1. The van der Waals surface area contributed by atoms with Gasteiger partial charge in [-0.3, -0.25) is 0 Å². The predicted octanol–water partition coefficient (Wildman–Crippen LogP) is 4.94. The van der Waals surface area contributed by atoms with E-state index >= 15 is 0 Å². The SMILES string of the molecule is CCCC1(NCc2cc(C(=O)OCCCCCO)cc(Br)c2N)CCCCC1. The summed E-state index contributed by atoms with van der Waals surface area (Å²) in [6.07, 6.45) is 11.0. The molecule has 28 heavy (non-hydrogen) atoms. The molecule has 1 fully saturated rings. The van der Waals surface area contributed by atoms with Crippen molar-refractivity contribution in [3.8, 4) is 0 Å². The van der Waals surface area contributed by atoms with Crippen LogP contribution in [0.25, 0.3) is 0 Å². The smallest absolute Gasteiger partial charge is 0.338 e. The molecule has 158 valence electrons. The number of hydrogen-bond acceptors (Lipinski definition) is 5. The molecule has 0 bridgehead atoms. The molecule has 4 N–H and O–H groups in total. The van der Waals surface area contributed by atoms with Crippen LogP contribution in [0.4, 0.5) is 5.69 Å². The lowest BCUT2D eigenvalue weighted by atomic mass is 9.78. The molecule has 0 saturated heterocycles. The van der Waals surface area contributed by atoms with Crippen molar-refractivity contribution in [2.75, 3.05) is 18.9 Å². The second-order valence-electron chi connectivity index (χ2n) is 7.90. The van der Waals surface area contributed by atoms with Crippen LogP contribution in [0.2, 0.25) is 0 Å². The molecule has 1 aliphatic rings. The van der Waals surface area contributed by atoms with Gasteiger partial charge < -0.3 is 20.9 Å². The summed E-state index contributed by atoms with van der Waals surface area (Å²) in [6, 6.07) is 3.59. The number of carbonyl (C=O) groups is 1. The normalized spacial score (nSPS) is 16.1. The molecular weight excluding hydrogens is 420 g/mol. The van der Waals surface area contributed by atoms with Crippen LogP contribution in [-0.2, 0) is 11.3 Å². The number of nitrogens with two attached hydrogens (primary N) is 1. The van der Waals surface area contributed by atoms with E-state index in [1.54, 1.807) is 6.07 Å². The van der Waals surface area contributed by atoms with Crippen LogP contribution in [0.1, 0.15) is 87.1 Å². The predicted molar refractivity (Wildman–Crippen MR) is 117 cm³/mol. The fraction of sp³-hybridized carbons (Fsp3) is 0.682. The van der Waals surface area contributed by atoms with Crippen molar-refractivity contribution < 1.29 is 14.6 Å². The Labute approximate surface area is 177 Å². The first-order chi connectivity index (χ1) is 13.5. The quantitative estimate of drug-likeness (QED) is 0.250. The topological polar surface area (TPSA) is 84.6 Å². The molecule has 0 spiro atoms. The summed E-state index contributed by atoms with van der Waals surface area (Å²) < 4.78 is 6.10. The van der Waals surface area contributed by atoms with Crippen LogP contribution in [0.3, 0.4) is 0 Å². The summed E-state index contributed by atoms with van der Waals surface area (Å²) >= 11 is 3.49. The first-order valence-corrected chi connectivity index (χ1v) is 11.4. The summed E-state index contributed by atoms with van der Waals surface area (Å²) in [6.45, 7) is 3.44. The minimum absolute atomic E-state index is 0.175. The second-order valence-corrected chi connectivity index (χ2v) is 8.75. The van der Waals surface area contributed by atoms with E-state index in [1.807, 2.05) is 6.07 Å². The largest absolute Gasteiger partial charge is 0.462 e. The summed E-state index contributed by atoms with van der Waals surface area (Å²) in [5.41, 5.74) is 8.60. The Kier molecular flexibility index (Phi) is 9.75. The third kappa shape index (κ3) is 6.75. The van der Waals surface area contributed by atoms with Gasteiger partial charge in [-0.15, -0.1) is 0 Å². The molecule has 1 aromatic rings. The van der Waals surface area contributed by atoms with Gasteiger partial charge in [-0.05, 0) is 72.2 Å². The summed E-state index contributed by atoms with van der Waals surface area (Å²) in [5, 5.41) is 12.6. The highest BCUT2D eigenvalue weighted by atomic mass is 79.9. The monoisotopic (exact) mass is 454 g/mol. The number of anilines is 1. The molecule has 0 heterocycles. The van der Waals surface area contributed by atoms with Gasteiger partial charge in [-0.2, -0.15) is 0 Å². The Bertz CT molecular complexity index is 625. The maximum Gasteiger partial charge on any atom is 0.338 e. The van der Waals surface area contributed by atoms with Gasteiger partial charge in [0.2, 0.25) is 0 Å². The Balaban J connectivity index is 2.02. The number of nitrogens with one attached hydrogen (secondary N) is 1. The van der Waals surface area contributed by atoms with Gasteiger partial charge in [0, 0.05) is 23.2 Å². The number of nitrogen functional groups attached to an aromatic ring is 1. The molecule has 1 aliphatic carbocycles. The van der Waals surface area contributed by atoms with E-state index in [0.717, 1.165) is 35.7 Å². The highest BCUT2D eigenvalue weighted by molar-refractivity contribution is 9.10. The van der Waals surface area contributed by atoms with Crippen LogP contribution >= 0.6 is 15.9 Å². The third-order valence-corrected chi connectivity index (χ3v) is 6.34. The molecule has 0 radical (unpaired) electrons. The van der Waals surface area contributed by atoms with Gasteiger partial charge >= 0.3 is 5.97 Å². The average Bonchev–Trinajstić information content (AvgIpc) is 2.69. The molecule has 1 aromatic carbocycles. The fourth-order valence-electron chi connectivity index (χ4n) is 4.08. The van der Waals surface area contributed by atoms with Gasteiger partial charge in [-0.25, -0.2) is 4.79 Å². The summed E-state index contributed by atoms with van der Waals surface area (Å²) in [5.74, 6) is -0.327. The van der Waals surface area contributed by atoms with Gasteiger partial charge in [0.25, 0.3) is 0 Å². The number of rotatable bonds is 11. The third-order valence-electron chi connectivity index (χ3n) is 5.68. The van der Waals surface area contributed by atoms with Crippen molar-refractivity contribution in [1.82, 2.24) is 5.32 Å². The Morgan fingerprint density at radius 1 is 1.25 bits per heavy atom. The van der Waals surface area contributed by atoms with E-state index in [0.29, 0.717) is 24.4 Å². The number of aliphatic hydroxyl groups excluding tert-OH is 1. The maximum atomic E-state index is 12.4. The Hall–Kier alpha value is -1.11. The number of benzene rings is 1. The van der Waals surface area contributed by atoms with Crippen LogP contribution in [0.5, 0.6) is 0 Å². The van der Waals surface area contributed by atoms with Crippen molar-refractivity contribution in [3.63, 3.8) is 0 Å². The highest BCUT2D eigenvalue weighted by Gasteiger charge is 2.30. The van der Waals surface area contributed by atoms with E-state index in [9.17, 15) is 4.79 Å². The number of hydrogen-bond donors (Lipinski definition) is 3. The fourth-order valence-corrected chi connectivity index (χ4v) is 4.58. The lowest BCUT2D eigenvalue weighted by Gasteiger charge is -2.38. The summed E-state index contributed by atoms with van der Waals surface area (Å²) in [4.78, 5) is 12.4. The minimum atomic E-state index is -0.327. The van der Waals surface area contributed by atoms with Crippen molar-refractivity contribution in [2.24, 2.45) is 0 Å². The van der Waals surface area contributed by atoms with E-state index in [1.165, 1.54) is 38.5 Å². The number of ether oxygens (including phenoxy) is 1. The van der Waals surface area contributed by atoms with Crippen LogP contribution in [0.15, 0.2) is 16.6 Å². The van der Waals surface area contributed by atoms with E-state index in [-0.39, 0.29) is 18.1 Å². The molecule has 0 amide bonds. The minimum Gasteiger partial charge on any atom is -0.462 e. The first-order valence-electron chi connectivity index (χ1n) is 10.6. The molecule has 0 atom stereocenters.